The standard InChI is InChI=1S/C17H14N2O2/c18-12-8-9-14(17(20)21)16(10-12)19-15-7-3-5-11-4-1-2-6-13(11)15/h1-10,19H,18H2,(H,20,21). The summed E-state index contributed by atoms with van der Waals surface area (Å²) in [6.45, 7) is 0. The summed E-state index contributed by atoms with van der Waals surface area (Å²) in [6.07, 6.45) is 0. The molecule has 0 aliphatic rings. The highest BCUT2D eigenvalue weighted by molar-refractivity contribution is 6.00. The highest BCUT2D eigenvalue weighted by Crippen LogP contribution is 2.29. The number of aromatic carboxylic acids is 1. The summed E-state index contributed by atoms with van der Waals surface area (Å²) in [5.74, 6) is -0.988. The molecule has 0 aliphatic carbocycles. The zero-order valence-corrected chi connectivity index (χ0v) is 11.2. The number of nitrogen functional groups attached to an aromatic ring is 1. The lowest BCUT2D eigenvalue weighted by Crippen LogP contribution is -2.03. The number of rotatable bonds is 3. The predicted molar refractivity (Wildman–Crippen MR) is 85.0 cm³/mol. The average Bonchev–Trinajstić information content (AvgIpc) is 2.47. The van der Waals surface area contributed by atoms with Gasteiger partial charge in [-0.15, -0.1) is 0 Å². The SMILES string of the molecule is Nc1ccc(C(=O)O)c(Nc2cccc3ccccc23)c1. The van der Waals surface area contributed by atoms with Crippen LogP contribution in [0.25, 0.3) is 10.8 Å². The van der Waals surface area contributed by atoms with Crippen molar-refractivity contribution in [3.8, 4) is 0 Å². The van der Waals surface area contributed by atoms with Gasteiger partial charge >= 0.3 is 5.97 Å². The number of hydrogen-bond acceptors (Lipinski definition) is 3. The van der Waals surface area contributed by atoms with Crippen LogP contribution in [0.5, 0.6) is 0 Å². The van der Waals surface area contributed by atoms with Crippen molar-refractivity contribution < 1.29 is 9.90 Å². The van der Waals surface area contributed by atoms with E-state index >= 15 is 0 Å². The minimum Gasteiger partial charge on any atom is -0.478 e. The van der Waals surface area contributed by atoms with Crippen molar-refractivity contribution in [1.82, 2.24) is 0 Å². The van der Waals surface area contributed by atoms with E-state index < -0.39 is 5.97 Å². The summed E-state index contributed by atoms with van der Waals surface area (Å²) in [4.78, 5) is 11.3. The van der Waals surface area contributed by atoms with Gasteiger partial charge in [0.05, 0.1) is 11.3 Å². The van der Waals surface area contributed by atoms with Crippen LogP contribution in [0.1, 0.15) is 10.4 Å². The van der Waals surface area contributed by atoms with Gasteiger partial charge in [-0.3, -0.25) is 0 Å². The molecule has 0 aromatic heterocycles. The van der Waals surface area contributed by atoms with Crippen molar-refractivity contribution in [2.24, 2.45) is 0 Å². The molecule has 0 unspecified atom stereocenters. The molecule has 3 aromatic carbocycles. The Kier molecular flexibility index (Phi) is 3.20. The lowest BCUT2D eigenvalue weighted by Gasteiger charge is -2.12. The summed E-state index contributed by atoms with van der Waals surface area (Å²) in [7, 11) is 0. The highest BCUT2D eigenvalue weighted by atomic mass is 16.4. The first-order valence-corrected chi connectivity index (χ1v) is 6.53. The summed E-state index contributed by atoms with van der Waals surface area (Å²) in [5, 5.41) is 14.6. The minimum absolute atomic E-state index is 0.192. The average molecular weight is 278 g/mol. The molecule has 0 bridgehead atoms. The molecule has 21 heavy (non-hydrogen) atoms. The second-order valence-electron chi connectivity index (χ2n) is 4.76. The molecule has 3 aromatic rings. The Balaban J connectivity index is 2.11. The van der Waals surface area contributed by atoms with E-state index in [-0.39, 0.29) is 5.56 Å². The van der Waals surface area contributed by atoms with Crippen molar-refractivity contribution in [2.75, 3.05) is 11.1 Å². The fourth-order valence-electron chi connectivity index (χ4n) is 2.33. The van der Waals surface area contributed by atoms with E-state index in [0.29, 0.717) is 11.4 Å². The number of nitrogens with one attached hydrogen (secondary N) is 1. The number of hydrogen-bond donors (Lipinski definition) is 3. The van der Waals surface area contributed by atoms with E-state index in [4.69, 9.17) is 5.73 Å². The molecule has 0 heterocycles. The Morgan fingerprint density at radius 1 is 0.952 bits per heavy atom. The van der Waals surface area contributed by atoms with Crippen LogP contribution in [0.3, 0.4) is 0 Å². The normalized spacial score (nSPS) is 10.5. The maximum absolute atomic E-state index is 11.3. The van der Waals surface area contributed by atoms with Crippen LogP contribution in [0.15, 0.2) is 60.7 Å². The lowest BCUT2D eigenvalue weighted by atomic mass is 10.1. The van der Waals surface area contributed by atoms with E-state index in [1.165, 1.54) is 6.07 Å². The summed E-state index contributed by atoms with van der Waals surface area (Å²) in [5.41, 5.74) is 7.80. The summed E-state index contributed by atoms with van der Waals surface area (Å²) < 4.78 is 0. The topological polar surface area (TPSA) is 75.4 Å². The number of anilines is 3. The summed E-state index contributed by atoms with van der Waals surface area (Å²) in [6, 6.07) is 18.5. The molecule has 0 radical (unpaired) electrons. The predicted octanol–water partition coefficient (Wildman–Crippen LogP) is 3.86. The molecule has 0 fully saturated rings. The second-order valence-corrected chi connectivity index (χ2v) is 4.76. The molecule has 0 aliphatic heterocycles. The van der Waals surface area contributed by atoms with E-state index in [9.17, 15) is 9.90 Å². The van der Waals surface area contributed by atoms with Gasteiger partial charge in [0.1, 0.15) is 0 Å². The van der Waals surface area contributed by atoms with Gasteiger partial charge in [-0.1, -0.05) is 36.4 Å². The third kappa shape index (κ3) is 2.51. The van der Waals surface area contributed by atoms with Crippen LogP contribution in [0.2, 0.25) is 0 Å². The number of nitrogens with two attached hydrogens (primary N) is 1. The van der Waals surface area contributed by atoms with E-state index in [0.717, 1.165) is 16.5 Å². The van der Waals surface area contributed by atoms with Crippen LogP contribution >= 0.6 is 0 Å². The molecule has 0 saturated carbocycles. The third-order valence-electron chi connectivity index (χ3n) is 3.33. The minimum atomic E-state index is -0.988. The van der Waals surface area contributed by atoms with Gasteiger partial charge in [0.2, 0.25) is 0 Å². The second kappa shape index (κ2) is 5.17. The van der Waals surface area contributed by atoms with Gasteiger partial charge in [-0.05, 0) is 29.7 Å². The van der Waals surface area contributed by atoms with Crippen molar-refractivity contribution in [3.63, 3.8) is 0 Å². The van der Waals surface area contributed by atoms with Crippen LogP contribution in [0, 0.1) is 0 Å². The van der Waals surface area contributed by atoms with Gasteiger partial charge in [0.25, 0.3) is 0 Å². The van der Waals surface area contributed by atoms with Gasteiger partial charge in [-0.25, -0.2) is 4.79 Å². The number of carboxylic acids is 1. The molecule has 4 N–H and O–H groups in total. The molecule has 0 amide bonds. The zero-order chi connectivity index (χ0) is 14.8. The van der Waals surface area contributed by atoms with E-state index in [1.54, 1.807) is 12.1 Å². The Morgan fingerprint density at radius 3 is 2.52 bits per heavy atom. The number of carbonyl (C=O) groups is 1. The van der Waals surface area contributed by atoms with E-state index in [1.807, 2.05) is 42.5 Å². The fourth-order valence-corrected chi connectivity index (χ4v) is 2.33. The van der Waals surface area contributed by atoms with Crippen molar-refractivity contribution >= 4 is 33.8 Å². The van der Waals surface area contributed by atoms with E-state index in [2.05, 4.69) is 5.32 Å². The van der Waals surface area contributed by atoms with Crippen molar-refractivity contribution in [3.05, 3.63) is 66.2 Å². The van der Waals surface area contributed by atoms with Crippen molar-refractivity contribution in [2.45, 2.75) is 0 Å². The first-order chi connectivity index (χ1) is 10.1. The largest absolute Gasteiger partial charge is 0.478 e. The van der Waals surface area contributed by atoms with Crippen LogP contribution < -0.4 is 11.1 Å². The molecule has 104 valence electrons. The Morgan fingerprint density at radius 2 is 1.71 bits per heavy atom. The number of carboxylic acid groups (broad SMARTS) is 1. The maximum Gasteiger partial charge on any atom is 0.337 e. The molecule has 3 rings (SSSR count). The van der Waals surface area contributed by atoms with Crippen molar-refractivity contribution in [1.29, 1.82) is 0 Å². The smallest absolute Gasteiger partial charge is 0.337 e. The van der Waals surface area contributed by atoms with Gasteiger partial charge in [0, 0.05) is 16.8 Å². The molecule has 0 atom stereocenters. The monoisotopic (exact) mass is 278 g/mol. The molecular weight excluding hydrogens is 264 g/mol. The van der Waals surface area contributed by atoms with Crippen LogP contribution in [-0.4, -0.2) is 11.1 Å². The van der Waals surface area contributed by atoms with Gasteiger partial charge < -0.3 is 16.2 Å². The number of fused-ring (bicyclic) bond motifs is 1. The Labute approximate surface area is 121 Å². The molecular formula is C17H14N2O2. The molecule has 0 saturated heterocycles. The molecule has 4 nitrogen and oxygen atoms in total. The summed E-state index contributed by atoms with van der Waals surface area (Å²) >= 11 is 0. The maximum atomic E-state index is 11.3. The van der Waals surface area contributed by atoms with Crippen LogP contribution in [-0.2, 0) is 0 Å². The highest BCUT2D eigenvalue weighted by Gasteiger charge is 2.11. The zero-order valence-electron chi connectivity index (χ0n) is 11.2. The Bertz CT molecular complexity index is 823. The first kappa shape index (κ1) is 13.0. The fraction of sp³-hybridized carbons (Fsp3) is 0. The third-order valence-corrected chi connectivity index (χ3v) is 3.33. The van der Waals surface area contributed by atoms with Gasteiger partial charge in [0.15, 0.2) is 0 Å². The molecule has 0 spiro atoms. The lowest BCUT2D eigenvalue weighted by molar-refractivity contribution is 0.0698. The quantitative estimate of drug-likeness (QED) is 0.636. The van der Waals surface area contributed by atoms with Crippen LogP contribution in [0.4, 0.5) is 17.1 Å². The Hall–Kier alpha value is -3.01. The first-order valence-electron chi connectivity index (χ1n) is 6.53. The molecule has 4 heteroatoms. The van der Waals surface area contributed by atoms with Gasteiger partial charge in [-0.2, -0.15) is 0 Å². The number of benzene rings is 3.